The van der Waals surface area contributed by atoms with Crippen LogP contribution >= 0.6 is 0 Å². The molecule has 0 atom stereocenters. The van der Waals surface area contributed by atoms with Gasteiger partial charge in [0.15, 0.2) is 5.76 Å². The van der Waals surface area contributed by atoms with Crippen LogP contribution in [0.25, 0.3) is 0 Å². The molecule has 3 N–H and O–H groups in total. The molecule has 1 amide bonds. The molecule has 0 spiro atoms. The number of rotatable bonds is 2. The molecule has 0 radical (unpaired) electrons. The highest BCUT2D eigenvalue weighted by Crippen LogP contribution is 2.09. The lowest BCUT2D eigenvalue weighted by Crippen LogP contribution is -2.11. The fourth-order valence-electron chi connectivity index (χ4n) is 1.08. The number of pyridine rings is 1. The number of anilines is 2. The van der Waals surface area contributed by atoms with Crippen LogP contribution in [0.2, 0.25) is 0 Å². The van der Waals surface area contributed by atoms with Crippen LogP contribution in [0.4, 0.5) is 11.5 Å². The monoisotopic (exact) mass is 203 g/mol. The summed E-state index contributed by atoms with van der Waals surface area (Å²) in [6, 6.07) is 6.51. The number of carbonyl (C=O) groups excluding carboxylic acids is 1. The van der Waals surface area contributed by atoms with E-state index in [4.69, 9.17) is 10.2 Å². The third-order valence-electron chi connectivity index (χ3n) is 1.79. The van der Waals surface area contributed by atoms with E-state index in [9.17, 15) is 4.79 Å². The summed E-state index contributed by atoms with van der Waals surface area (Å²) >= 11 is 0. The summed E-state index contributed by atoms with van der Waals surface area (Å²) in [5.74, 6) is 0.351. The van der Waals surface area contributed by atoms with E-state index >= 15 is 0 Å². The second-order valence-corrected chi connectivity index (χ2v) is 2.90. The average Bonchev–Trinajstić information content (AvgIpc) is 2.74. The molecule has 0 unspecified atom stereocenters. The Balaban J connectivity index is 2.09. The quantitative estimate of drug-likeness (QED) is 0.775. The van der Waals surface area contributed by atoms with Gasteiger partial charge in [0, 0.05) is 0 Å². The Labute approximate surface area is 85.9 Å². The third-order valence-corrected chi connectivity index (χ3v) is 1.79. The molecule has 0 aliphatic carbocycles. The van der Waals surface area contributed by atoms with Gasteiger partial charge in [0.2, 0.25) is 0 Å². The molecule has 2 aromatic heterocycles. The number of nitrogen functional groups attached to an aromatic ring is 1. The number of aromatic nitrogens is 1. The van der Waals surface area contributed by atoms with Crippen LogP contribution in [0.1, 0.15) is 10.6 Å². The maximum atomic E-state index is 11.5. The van der Waals surface area contributed by atoms with Gasteiger partial charge in [0.05, 0.1) is 18.1 Å². The smallest absolute Gasteiger partial charge is 0.291 e. The minimum absolute atomic E-state index is 0.256. The Kier molecular flexibility index (Phi) is 2.37. The Bertz CT molecular complexity index is 448. The topological polar surface area (TPSA) is 81.1 Å². The summed E-state index contributed by atoms with van der Waals surface area (Å²) in [6.45, 7) is 0. The molecule has 0 aliphatic rings. The van der Waals surface area contributed by atoms with Crippen LogP contribution in [0.5, 0.6) is 0 Å². The van der Waals surface area contributed by atoms with Gasteiger partial charge in [-0.2, -0.15) is 0 Å². The van der Waals surface area contributed by atoms with Gasteiger partial charge in [-0.05, 0) is 24.3 Å². The number of nitrogens with zero attached hydrogens (tertiary/aromatic N) is 1. The molecule has 0 saturated carbocycles. The van der Waals surface area contributed by atoms with E-state index < -0.39 is 0 Å². The van der Waals surface area contributed by atoms with E-state index in [2.05, 4.69) is 10.3 Å². The van der Waals surface area contributed by atoms with Crippen molar-refractivity contribution in [3.8, 4) is 0 Å². The van der Waals surface area contributed by atoms with E-state index in [0.717, 1.165) is 0 Å². The molecule has 2 heterocycles. The molecular formula is C10H9N3O2. The summed E-state index contributed by atoms with van der Waals surface area (Å²) < 4.78 is 4.93. The Morgan fingerprint density at radius 2 is 2.27 bits per heavy atom. The SMILES string of the molecule is Nc1ccc(NC(=O)c2ccco2)cn1. The number of nitrogens with one attached hydrogen (secondary N) is 1. The van der Waals surface area contributed by atoms with Crippen molar-refractivity contribution >= 4 is 17.4 Å². The van der Waals surface area contributed by atoms with Crippen molar-refractivity contribution in [3.63, 3.8) is 0 Å². The summed E-state index contributed by atoms with van der Waals surface area (Å²) in [7, 11) is 0. The second-order valence-electron chi connectivity index (χ2n) is 2.90. The van der Waals surface area contributed by atoms with E-state index in [1.54, 1.807) is 24.3 Å². The Morgan fingerprint density at radius 1 is 1.40 bits per heavy atom. The maximum Gasteiger partial charge on any atom is 0.291 e. The lowest BCUT2D eigenvalue weighted by molar-refractivity contribution is 0.0996. The van der Waals surface area contributed by atoms with Gasteiger partial charge < -0.3 is 15.5 Å². The molecule has 76 valence electrons. The van der Waals surface area contributed by atoms with Gasteiger partial charge in [-0.1, -0.05) is 0 Å². The largest absolute Gasteiger partial charge is 0.459 e. The minimum atomic E-state index is -0.313. The number of carbonyl (C=O) groups is 1. The van der Waals surface area contributed by atoms with Gasteiger partial charge in [0.1, 0.15) is 5.82 Å². The van der Waals surface area contributed by atoms with Gasteiger partial charge >= 0.3 is 0 Å². The highest BCUT2D eigenvalue weighted by atomic mass is 16.3. The summed E-state index contributed by atoms with van der Waals surface area (Å²) in [6.07, 6.45) is 2.92. The molecule has 0 bridgehead atoms. The zero-order valence-corrected chi connectivity index (χ0v) is 7.81. The van der Waals surface area contributed by atoms with E-state index in [1.165, 1.54) is 12.5 Å². The first-order chi connectivity index (χ1) is 7.25. The van der Waals surface area contributed by atoms with Crippen LogP contribution in [0, 0.1) is 0 Å². The first-order valence-electron chi connectivity index (χ1n) is 4.32. The molecule has 15 heavy (non-hydrogen) atoms. The molecule has 0 saturated heterocycles. The number of hydrogen-bond acceptors (Lipinski definition) is 4. The lowest BCUT2D eigenvalue weighted by atomic mass is 10.3. The van der Waals surface area contributed by atoms with Crippen LogP contribution < -0.4 is 11.1 Å². The summed E-state index contributed by atoms with van der Waals surface area (Å²) in [5, 5.41) is 2.62. The van der Waals surface area contributed by atoms with Gasteiger partial charge in [-0.3, -0.25) is 4.79 Å². The van der Waals surface area contributed by atoms with E-state index in [0.29, 0.717) is 11.5 Å². The average molecular weight is 203 g/mol. The molecule has 0 aliphatic heterocycles. The minimum Gasteiger partial charge on any atom is -0.459 e. The Morgan fingerprint density at radius 3 is 2.87 bits per heavy atom. The maximum absolute atomic E-state index is 11.5. The zero-order chi connectivity index (χ0) is 10.7. The van der Waals surface area contributed by atoms with Crippen molar-refractivity contribution in [1.29, 1.82) is 0 Å². The van der Waals surface area contributed by atoms with Crippen LogP contribution in [0.15, 0.2) is 41.1 Å². The van der Waals surface area contributed by atoms with E-state index in [1.807, 2.05) is 0 Å². The van der Waals surface area contributed by atoms with E-state index in [-0.39, 0.29) is 11.7 Å². The zero-order valence-electron chi connectivity index (χ0n) is 7.81. The number of amides is 1. The Hall–Kier alpha value is -2.30. The van der Waals surface area contributed by atoms with Crippen LogP contribution in [0.3, 0.4) is 0 Å². The molecule has 0 aromatic carbocycles. The van der Waals surface area contributed by atoms with Crippen molar-refractivity contribution in [2.75, 3.05) is 11.1 Å². The van der Waals surface area contributed by atoms with Crippen molar-refractivity contribution < 1.29 is 9.21 Å². The summed E-state index contributed by atoms with van der Waals surface area (Å²) in [4.78, 5) is 15.3. The highest BCUT2D eigenvalue weighted by Gasteiger charge is 2.08. The second kappa shape index (κ2) is 3.83. The van der Waals surface area contributed by atoms with Crippen LogP contribution in [-0.4, -0.2) is 10.9 Å². The number of nitrogens with two attached hydrogens (primary N) is 1. The first kappa shape index (κ1) is 9.26. The molecule has 2 rings (SSSR count). The summed E-state index contributed by atoms with van der Waals surface area (Å²) in [5.41, 5.74) is 5.98. The molecule has 0 fully saturated rings. The molecule has 5 nitrogen and oxygen atoms in total. The van der Waals surface area contributed by atoms with Crippen molar-refractivity contribution in [3.05, 3.63) is 42.5 Å². The van der Waals surface area contributed by atoms with Crippen molar-refractivity contribution in [1.82, 2.24) is 4.98 Å². The third kappa shape index (κ3) is 2.14. The first-order valence-corrected chi connectivity index (χ1v) is 4.32. The molecule has 2 aromatic rings. The fraction of sp³-hybridized carbons (Fsp3) is 0. The van der Waals surface area contributed by atoms with Gasteiger partial charge in [-0.15, -0.1) is 0 Å². The molecule has 5 heteroatoms. The lowest BCUT2D eigenvalue weighted by Gasteiger charge is -2.02. The van der Waals surface area contributed by atoms with Crippen molar-refractivity contribution in [2.45, 2.75) is 0 Å². The number of furan rings is 1. The normalized spacial score (nSPS) is 9.87. The van der Waals surface area contributed by atoms with Crippen LogP contribution in [-0.2, 0) is 0 Å². The predicted octanol–water partition coefficient (Wildman–Crippen LogP) is 1.51. The van der Waals surface area contributed by atoms with Crippen molar-refractivity contribution in [2.24, 2.45) is 0 Å². The highest BCUT2D eigenvalue weighted by molar-refractivity contribution is 6.02. The van der Waals surface area contributed by atoms with Gasteiger partial charge in [-0.25, -0.2) is 4.98 Å². The van der Waals surface area contributed by atoms with Gasteiger partial charge in [0.25, 0.3) is 5.91 Å². The standard InChI is InChI=1S/C10H9N3O2/c11-9-4-3-7(6-12-9)13-10(14)8-2-1-5-15-8/h1-6H,(H2,11,12)(H,13,14). The number of hydrogen-bond donors (Lipinski definition) is 2. The fourth-order valence-corrected chi connectivity index (χ4v) is 1.08. The molecular weight excluding hydrogens is 194 g/mol. The predicted molar refractivity (Wildman–Crippen MR) is 55.3 cm³/mol.